The molecule has 19 heavy (non-hydrogen) atoms. The molecule has 0 radical (unpaired) electrons. The van der Waals surface area contributed by atoms with Gasteiger partial charge >= 0.3 is 0 Å². The number of hydrogen-bond donors (Lipinski definition) is 0. The zero-order valence-electron chi connectivity index (χ0n) is 11.5. The number of ether oxygens (including phenoxy) is 2. The fraction of sp³-hybridized carbons (Fsp3) is 0.294. The fourth-order valence-electron chi connectivity index (χ4n) is 2.11. The van der Waals surface area contributed by atoms with Crippen LogP contribution in [0.2, 0.25) is 0 Å². The summed E-state index contributed by atoms with van der Waals surface area (Å²) < 4.78 is 11.4. The van der Waals surface area contributed by atoms with Crippen molar-refractivity contribution >= 4 is 0 Å². The van der Waals surface area contributed by atoms with E-state index in [0.717, 1.165) is 11.1 Å². The molecule has 0 heterocycles. The van der Waals surface area contributed by atoms with Gasteiger partial charge in [0.15, 0.2) is 6.29 Å². The van der Waals surface area contributed by atoms with Crippen molar-refractivity contribution < 1.29 is 9.47 Å². The van der Waals surface area contributed by atoms with E-state index in [9.17, 15) is 0 Å². The second kappa shape index (κ2) is 7.07. The topological polar surface area (TPSA) is 18.5 Å². The van der Waals surface area contributed by atoms with Crippen LogP contribution >= 0.6 is 0 Å². The Labute approximate surface area is 115 Å². The van der Waals surface area contributed by atoms with Gasteiger partial charge < -0.3 is 9.47 Å². The molecule has 0 atom stereocenters. The van der Waals surface area contributed by atoms with E-state index in [1.54, 1.807) is 0 Å². The van der Waals surface area contributed by atoms with Gasteiger partial charge in [-0.25, -0.2) is 0 Å². The molecule has 2 aromatic carbocycles. The van der Waals surface area contributed by atoms with Gasteiger partial charge in [0, 0.05) is 18.8 Å². The summed E-state index contributed by atoms with van der Waals surface area (Å²) in [6.45, 7) is 5.23. The molecule has 100 valence electrons. The summed E-state index contributed by atoms with van der Waals surface area (Å²) in [6.07, 6.45) is -0.300. The zero-order chi connectivity index (χ0) is 13.5. The molecule has 2 nitrogen and oxygen atoms in total. The lowest BCUT2D eigenvalue weighted by molar-refractivity contribution is -0.139. The lowest BCUT2D eigenvalue weighted by atomic mass is 9.99. The average molecular weight is 256 g/mol. The third-order valence-corrected chi connectivity index (χ3v) is 2.94. The first-order valence-electron chi connectivity index (χ1n) is 6.74. The molecule has 0 N–H and O–H groups in total. The Morgan fingerprint density at radius 1 is 0.789 bits per heavy atom. The van der Waals surface area contributed by atoms with Gasteiger partial charge in [-0.3, -0.25) is 0 Å². The predicted molar refractivity (Wildman–Crippen MR) is 77.9 cm³/mol. The van der Waals surface area contributed by atoms with Crippen molar-refractivity contribution in [2.75, 3.05) is 13.2 Å². The van der Waals surface area contributed by atoms with E-state index >= 15 is 0 Å². The maximum atomic E-state index is 5.71. The molecule has 0 aromatic heterocycles. The highest BCUT2D eigenvalue weighted by atomic mass is 16.7. The van der Waals surface area contributed by atoms with Gasteiger partial charge in [0.2, 0.25) is 0 Å². The molecule has 0 aliphatic rings. The SMILES string of the molecule is CCOC(OCC)c1ccccc1-c1ccccc1. The molecule has 0 aliphatic heterocycles. The van der Waals surface area contributed by atoms with E-state index in [0.29, 0.717) is 13.2 Å². The molecule has 0 bridgehead atoms. The fourth-order valence-corrected chi connectivity index (χ4v) is 2.11. The van der Waals surface area contributed by atoms with Gasteiger partial charge in [0.1, 0.15) is 0 Å². The smallest absolute Gasteiger partial charge is 0.184 e. The largest absolute Gasteiger partial charge is 0.349 e. The van der Waals surface area contributed by atoms with Crippen LogP contribution < -0.4 is 0 Å². The second-order valence-corrected chi connectivity index (χ2v) is 4.20. The molecule has 0 fully saturated rings. The molecule has 2 rings (SSSR count). The maximum Gasteiger partial charge on any atom is 0.184 e. The average Bonchev–Trinajstić information content (AvgIpc) is 2.48. The van der Waals surface area contributed by atoms with Gasteiger partial charge in [-0.15, -0.1) is 0 Å². The molecule has 2 heteroatoms. The normalized spacial score (nSPS) is 10.9. The zero-order valence-corrected chi connectivity index (χ0v) is 11.5. The van der Waals surface area contributed by atoms with Crippen LogP contribution in [0.1, 0.15) is 25.7 Å². The summed E-state index contributed by atoms with van der Waals surface area (Å²) in [5.41, 5.74) is 3.43. The highest BCUT2D eigenvalue weighted by molar-refractivity contribution is 5.67. The number of hydrogen-bond acceptors (Lipinski definition) is 2. The minimum atomic E-state index is -0.300. The second-order valence-electron chi connectivity index (χ2n) is 4.20. The Hall–Kier alpha value is -1.64. The third kappa shape index (κ3) is 3.43. The molecule has 0 amide bonds. The summed E-state index contributed by atoms with van der Waals surface area (Å²) in [7, 11) is 0. The molecular formula is C17H20O2. The minimum absolute atomic E-state index is 0.300. The van der Waals surface area contributed by atoms with E-state index in [-0.39, 0.29) is 6.29 Å². The molecular weight excluding hydrogens is 236 g/mol. The summed E-state index contributed by atoms with van der Waals surface area (Å²) in [4.78, 5) is 0. The van der Waals surface area contributed by atoms with Crippen molar-refractivity contribution in [1.82, 2.24) is 0 Å². The molecule has 0 unspecified atom stereocenters. The summed E-state index contributed by atoms with van der Waals surface area (Å²) >= 11 is 0. The quantitative estimate of drug-likeness (QED) is 0.712. The highest BCUT2D eigenvalue weighted by Gasteiger charge is 2.15. The van der Waals surface area contributed by atoms with Crippen molar-refractivity contribution in [2.45, 2.75) is 20.1 Å². The van der Waals surface area contributed by atoms with Crippen LogP contribution in [0.5, 0.6) is 0 Å². The Bertz CT molecular complexity index is 488. The van der Waals surface area contributed by atoms with E-state index in [4.69, 9.17) is 9.47 Å². The van der Waals surface area contributed by atoms with Gasteiger partial charge in [-0.05, 0) is 25.0 Å². The van der Waals surface area contributed by atoms with E-state index < -0.39 is 0 Å². The Morgan fingerprint density at radius 3 is 2.00 bits per heavy atom. The first-order valence-corrected chi connectivity index (χ1v) is 6.74. The third-order valence-electron chi connectivity index (χ3n) is 2.94. The lowest BCUT2D eigenvalue weighted by Gasteiger charge is -2.20. The van der Waals surface area contributed by atoms with Crippen LogP contribution in [0.15, 0.2) is 54.6 Å². The van der Waals surface area contributed by atoms with Gasteiger partial charge in [0.05, 0.1) is 0 Å². The van der Waals surface area contributed by atoms with Crippen molar-refractivity contribution in [1.29, 1.82) is 0 Å². The highest BCUT2D eigenvalue weighted by Crippen LogP contribution is 2.30. The lowest BCUT2D eigenvalue weighted by Crippen LogP contribution is -2.10. The molecule has 2 aromatic rings. The summed E-state index contributed by atoms with van der Waals surface area (Å²) in [6, 6.07) is 18.6. The molecule has 0 spiro atoms. The monoisotopic (exact) mass is 256 g/mol. The number of benzene rings is 2. The standard InChI is InChI=1S/C17H20O2/c1-3-18-17(19-4-2)16-13-9-8-12-15(16)14-10-6-5-7-11-14/h5-13,17H,3-4H2,1-2H3. The molecule has 0 saturated heterocycles. The number of rotatable bonds is 6. The van der Waals surface area contributed by atoms with Crippen LogP contribution in [0.25, 0.3) is 11.1 Å². The van der Waals surface area contributed by atoms with Crippen LogP contribution in [-0.4, -0.2) is 13.2 Å². The first kappa shape index (κ1) is 13.8. The van der Waals surface area contributed by atoms with Crippen molar-refractivity contribution in [2.24, 2.45) is 0 Å². The Kier molecular flexibility index (Phi) is 5.13. The summed E-state index contributed by atoms with van der Waals surface area (Å²) in [5, 5.41) is 0. The van der Waals surface area contributed by atoms with E-state index in [2.05, 4.69) is 24.3 Å². The van der Waals surface area contributed by atoms with Gasteiger partial charge in [-0.2, -0.15) is 0 Å². The Balaban J connectivity index is 2.40. The van der Waals surface area contributed by atoms with Crippen molar-refractivity contribution in [3.63, 3.8) is 0 Å². The maximum absolute atomic E-state index is 5.71. The van der Waals surface area contributed by atoms with Gasteiger partial charge in [-0.1, -0.05) is 54.6 Å². The van der Waals surface area contributed by atoms with E-state index in [1.807, 2.05) is 44.2 Å². The predicted octanol–water partition coefficient (Wildman–Crippen LogP) is 4.43. The molecule has 0 aliphatic carbocycles. The minimum Gasteiger partial charge on any atom is -0.349 e. The molecule has 0 saturated carbocycles. The van der Waals surface area contributed by atoms with Crippen molar-refractivity contribution in [3.05, 3.63) is 60.2 Å². The van der Waals surface area contributed by atoms with Crippen LogP contribution in [0.3, 0.4) is 0 Å². The van der Waals surface area contributed by atoms with Crippen LogP contribution in [0, 0.1) is 0 Å². The Morgan fingerprint density at radius 2 is 1.37 bits per heavy atom. The van der Waals surface area contributed by atoms with Crippen LogP contribution in [-0.2, 0) is 9.47 Å². The van der Waals surface area contributed by atoms with Crippen molar-refractivity contribution in [3.8, 4) is 11.1 Å². The van der Waals surface area contributed by atoms with Crippen LogP contribution in [0.4, 0.5) is 0 Å². The van der Waals surface area contributed by atoms with E-state index in [1.165, 1.54) is 5.56 Å². The van der Waals surface area contributed by atoms with Gasteiger partial charge in [0.25, 0.3) is 0 Å². The first-order chi connectivity index (χ1) is 9.36. The summed E-state index contributed by atoms with van der Waals surface area (Å²) in [5.74, 6) is 0.